The summed E-state index contributed by atoms with van der Waals surface area (Å²) in [6.45, 7) is 2.00. The van der Waals surface area contributed by atoms with Gasteiger partial charge >= 0.3 is 0 Å². The lowest BCUT2D eigenvalue weighted by atomic mass is 10.2. The molecule has 0 aliphatic carbocycles. The molecule has 1 N–H and O–H groups in total. The van der Waals surface area contributed by atoms with Crippen LogP contribution < -0.4 is 14.8 Å². The molecule has 1 amide bonds. The van der Waals surface area contributed by atoms with Crippen molar-refractivity contribution in [1.82, 2.24) is 4.90 Å². The number of ether oxygens (including phenoxy) is 2. The zero-order chi connectivity index (χ0) is 17.8. The number of amides is 1. The Morgan fingerprint density at radius 3 is 2.52 bits per heavy atom. The summed E-state index contributed by atoms with van der Waals surface area (Å²) in [5.41, 5.74) is 1.81. The average Bonchev–Trinajstić information content (AvgIpc) is 2.57. The first-order valence-corrected chi connectivity index (χ1v) is 9.42. The van der Waals surface area contributed by atoms with E-state index in [0.29, 0.717) is 36.9 Å². The lowest BCUT2D eigenvalue weighted by molar-refractivity contribution is -0.117. The maximum atomic E-state index is 12.4. The number of hydrogen-bond acceptors (Lipinski definition) is 4. The highest BCUT2D eigenvalue weighted by molar-refractivity contribution is 9.10. The molecule has 0 unspecified atom stereocenters. The summed E-state index contributed by atoms with van der Waals surface area (Å²) < 4.78 is 12.9. The number of nitrogens with one attached hydrogen (secondary N) is 1. The van der Waals surface area contributed by atoms with Crippen molar-refractivity contribution in [2.24, 2.45) is 0 Å². The van der Waals surface area contributed by atoms with Gasteiger partial charge < -0.3 is 14.8 Å². The van der Waals surface area contributed by atoms with Crippen LogP contribution >= 0.6 is 31.9 Å². The van der Waals surface area contributed by atoms with Gasteiger partial charge in [0.15, 0.2) is 11.5 Å². The SMILES string of the molecule is CN(CC(=O)Nc1cc2c(cc1Br)OCCO2)Cc1ccccc1Br. The molecule has 5 nitrogen and oxygen atoms in total. The molecule has 25 heavy (non-hydrogen) atoms. The van der Waals surface area contributed by atoms with Crippen LogP contribution in [0.3, 0.4) is 0 Å². The Bertz CT molecular complexity index is 783. The Hall–Kier alpha value is -1.57. The van der Waals surface area contributed by atoms with Crippen molar-refractivity contribution in [2.75, 3.05) is 32.1 Å². The molecule has 0 saturated carbocycles. The van der Waals surface area contributed by atoms with Crippen molar-refractivity contribution < 1.29 is 14.3 Å². The van der Waals surface area contributed by atoms with Crippen molar-refractivity contribution in [2.45, 2.75) is 6.54 Å². The van der Waals surface area contributed by atoms with Crippen molar-refractivity contribution in [3.63, 3.8) is 0 Å². The molecule has 0 radical (unpaired) electrons. The van der Waals surface area contributed by atoms with Crippen LogP contribution in [0.25, 0.3) is 0 Å². The van der Waals surface area contributed by atoms with E-state index in [4.69, 9.17) is 9.47 Å². The monoisotopic (exact) mass is 468 g/mol. The normalized spacial score (nSPS) is 13.0. The van der Waals surface area contributed by atoms with Gasteiger partial charge in [0, 0.05) is 27.6 Å². The highest BCUT2D eigenvalue weighted by Crippen LogP contribution is 2.38. The van der Waals surface area contributed by atoms with Gasteiger partial charge in [-0.3, -0.25) is 9.69 Å². The molecule has 1 aliphatic rings. The fourth-order valence-corrected chi connectivity index (χ4v) is 3.40. The van der Waals surface area contributed by atoms with E-state index >= 15 is 0 Å². The summed E-state index contributed by atoms with van der Waals surface area (Å²) in [4.78, 5) is 14.3. The third-order valence-corrected chi connectivity index (χ3v) is 5.15. The van der Waals surface area contributed by atoms with E-state index in [1.165, 1.54) is 0 Å². The molecular formula is C18H18Br2N2O3. The number of rotatable bonds is 5. The van der Waals surface area contributed by atoms with Crippen LogP contribution in [0.1, 0.15) is 5.56 Å². The van der Waals surface area contributed by atoms with E-state index in [9.17, 15) is 4.79 Å². The van der Waals surface area contributed by atoms with Gasteiger partial charge in [0.1, 0.15) is 13.2 Å². The van der Waals surface area contributed by atoms with Crippen LogP contribution in [-0.4, -0.2) is 37.6 Å². The molecule has 0 aromatic heterocycles. The number of nitrogens with zero attached hydrogens (tertiary/aromatic N) is 1. The summed E-state index contributed by atoms with van der Waals surface area (Å²) in [5, 5.41) is 2.92. The third kappa shape index (κ3) is 4.74. The van der Waals surface area contributed by atoms with Gasteiger partial charge in [-0.1, -0.05) is 34.1 Å². The van der Waals surface area contributed by atoms with E-state index in [1.54, 1.807) is 6.07 Å². The van der Waals surface area contributed by atoms with Gasteiger partial charge in [-0.2, -0.15) is 0 Å². The molecule has 0 spiro atoms. The minimum absolute atomic E-state index is 0.0908. The molecule has 7 heteroatoms. The van der Waals surface area contributed by atoms with Gasteiger partial charge in [-0.25, -0.2) is 0 Å². The van der Waals surface area contributed by atoms with Crippen LogP contribution in [-0.2, 0) is 11.3 Å². The van der Waals surface area contributed by atoms with Crippen LogP contribution in [0.5, 0.6) is 11.5 Å². The van der Waals surface area contributed by atoms with Crippen LogP contribution in [0.2, 0.25) is 0 Å². The minimum atomic E-state index is -0.0908. The average molecular weight is 470 g/mol. The lowest BCUT2D eigenvalue weighted by Gasteiger charge is -2.21. The number of likely N-dealkylation sites (N-methyl/N-ethyl adjacent to an activating group) is 1. The smallest absolute Gasteiger partial charge is 0.238 e. The second-order valence-corrected chi connectivity index (χ2v) is 7.50. The van der Waals surface area contributed by atoms with Gasteiger partial charge in [-0.05, 0) is 34.6 Å². The fraction of sp³-hybridized carbons (Fsp3) is 0.278. The minimum Gasteiger partial charge on any atom is -0.486 e. The largest absolute Gasteiger partial charge is 0.486 e. The maximum absolute atomic E-state index is 12.4. The number of carbonyl (C=O) groups is 1. The number of carbonyl (C=O) groups excluding carboxylic acids is 1. The number of anilines is 1. The second kappa shape index (κ2) is 8.21. The first kappa shape index (κ1) is 18.2. The van der Waals surface area contributed by atoms with Crippen LogP contribution in [0.4, 0.5) is 5.69 Å². The van der Waals surface area contributed by atoms with Crippen LogP contribution in [0, 0.1) is 0 Å². The molecule has 2 aromatic rings. The Kier molecular flexibility index (Phi) is 5.98. The summed E-state index contributed by atoms with van der Waals surface area (Å²) >= 11 is 6.99. The second-order valence-electron chi connectivity index (χ2n) is 5.79. The Morgan fingerprint density at radius 2 is 1.80 bits per heavy atom. The predicted octanol–water partition coefficient (Wildman–Crippen LogP) is 4.05. The summed E-state index contributed by atoms with van der Waals surface area (Å²) in [5.74, 6) is 1.24. The molecule has 0 fully saturated rings. The first-order chi connectivity index (χ1) is 12.0. The van der Waals surface area contributed by atoms with Crippen LogP contribution in [0.15, 0.2) is 45.3 Å². The molecule has 1 aliphatic heterocycles. The number of benzene rings is 2. The Labute approximate surface area is 163 Å². The summed E-state index contributed by atoms with van der Waals surface area (Å²) in [6, 6.07) is 11.6. The molecular weight excluding hydrogens is 452 g/mol. The Morgan fingerprint density at radius 1 is 1.12 bits per heavy atom. The molecule has 3 rings (SSSR count). The lowest BCUT2D eigenvalue weighted by Crippen LogP contribution is -2.30. The molecule has 0 saturated heterocycles. The van der Waals surface area contributed by atoms with Crippen molar-refractivity contribution in [3.8, 4) is 11.5 Å². The van der Waals surface area contributed by atoms with Gasteiger partial charge in [-0.15, -0.1) is 0 Å². The fourth-order valence-electron chi connectivity index (χ4n) is 2.57. The topological polar surface area (TPSA) is 50.8 Å². The molecule has 132 valence electrons. The zero-order valence-electron chi connectivity index (χ0n) is 13.7. The van der Waals surface area contributed by atoms with Crippen molar-refractivity contribution in [3.05, 3.63) is 50.9 Å². The number of halogens is 2. The highest BCUT2D eigenvalue weighted by atomic mass is 79.9. The number of fused-ring (bicyclic) bond motifs is 1. The van der Waals surface area contributed by atoms with E-state index in [2.05, 4.69) is 37.2 Å². The maximum Gasteiger partial charge on any atom is 0.238 e. The standard InChI is InChI=1S/C18H18Br2N2O3/c1-22(10-12-4-2-3-5-13(12)19)11-18(23)21-15-9-17-16(8-14(15)20)24-6-7-25-17/h2-5,8-9H,6-7,10-11H2,1H3,(H,21,23). The molecule has 0 bridgehead atoms. The van der Waals surface area contributed by atoms with E-state index in [0.717, 1.165) is 14.5 Å². The van der Waals surface area contributed by atoms with Gasteiger partial charge in [0.2, 0.25) is 5.91 Å². The molecule has 1 heterocycles. The van der Waals surface area contributed by atoms with E-state index in [-0.39, 0.29) is 12.5 Å². The van der Waals surface area contributed by atoms with Gasteiger partial charge in [0.25, 0.3) is 0 Å². The summed E-state index contributed by atoms with van der Waals surface area (Å²) in [7, 11) is 1.91. The van der Waals surface area contributed by atoms with Crippen molar-refractivity contribution in [1.29, 1.82) is 0 Å². The zero-order valence-corrected chi connectivity index (χ0v) is 16.9. The quantitative estimate of drug-likeness (QED) is 0.717. The van der Waals surface area contributed by atoms with Crippen molar-refractivity contribution >= 4 is 43.5 Å². The molecule has 0 atom stereocenters. The first-order valence-electron chi connectivity index (χ1n) is 7.84. The predicted molar refractivity (Wildman–Crippen MR) is 104 cm³/mol. The van der Waals surface area contributed by atoms with E-state index < -0.39 is 0 Å². The van der Waals surface area contributed by atoms with Gasteiger partial charge in [0.05, 0.1) is 12.2 Å². The van der Waals surface area contributed by atoms with E-state index in [1.807, 2.05) is 42.3 Å². The highest BCUT2D eigenvalue weighted by Gasteiger charge is 2.17. The molecule has 2 aromatic carbocycles. The third-order valence-electron chi connectivity index (χ3n) is 3.72. The Balaban J connectivity index is 1.61. The number of hydrogen-bond donors (Lipinski definition) is 1. The summed E-state index contributed by atoms with van der Waals surface area (Å²) in [6.07, 6.45) is 0.